The highest BCUT2D eigenvalue weighted by Gasteiger charge is 2.14. The summed E-state index contributed by atoms with van der Waals surface area (Å²) in [6.07, 6.45) is 0. The molecule has 1 N–H and O–H groups in total. The summed E-state index contributed by atoms with van der Waals surface area (Å²) in [6, 6.07) is 5.90. The summed E-state index contributed by atoms with van der Waals surface area (Å²) in [6.45, 7) is 1.89. The maximum absolute atomic E-state index is 13.8. The molecule has 0 heterocycles. The normalized spacial score (nSPS) is 10.7. The van der Waals surface area contributed by atoms with Gasteiger partial charge in [0.15, 0.2) is 11.6 Å². The zero-order valence-corrected chi connectivity index (χ0v) is 10.8. The molecule has 5 heteroatoms. The van der Waals surface area contributed by atoms with Crippen molar-refractivity contribution in [3.05, 3.63) is 53.3 Å². The maximum atomic E-state index is 13.8. The Morgan fingerprint density at radius 1 is 0.950 bits per heavy atom. The molecular weight excluding hydrogens is 269 g/mol. The summed E-state index contributed by atoms with van der Waals surface area (Å²) in [5, 5.41) is 9.34. The third-order valence-electron chi connectivity index (χ3n) is 2.86. The molecule has 2 aromatic carbocycles. The van der Waals surface area contributed by atoms with Crippen LogP contribution in [-0.4, -0.2) is 11.7 Å². The lowest BCUT2D eigenvalue weighted by Gasteiger charge is -2.12. The molecule has 0 amide bonds. The van der Waals surface area contributed by atoms with Gasteiger partial charge in [0.05, 0.1) is 13.2 Å². The number of halogens is 3. The number of hydrogen-bond donors (Lipinski definition) is 1. The molecular formula is C15H13F3O2. The van der Waals surface area contributed by atoms with E-state index < -0.39 is 17.5 Å². The Hall–Kier alpha value is -2.01. The van der Waals surface area contributed by atoms with Crippen molar-refractivity contribution in [3.8, 4) is 16.9 Å². The van der Waals surface area contributed by atoms with Gasteiger partial charge >= 0.3 is 0 Å². The first-order valence-electron chi connectivity index (χ1n) is 6.08. The molecule has 0 aromatic heterocycles. The number of rotatable bonds is 4. The van der Waals surface area contributed by atoms with Crippen LogP contribution in [-0.2, 0) is 6.61 Å². The van der Waals surface area contributed by atoms with Crippen LogP contribution >= 0.6 is 0 Å². The van der Waals surface area contributed by atoms with Gasteiger partial charge in [-0.2, -0.15) is 0 Å². The molecule has 20 heavy (non-hydrogen) atoms. The number of aliphatic hydroxyl groups excluding tert-OH is 1. The predicted molar refractivity (Wildman–Crippen MR) is 68.8 cm³/mol. The zero-order chi connectivity index (χ0) is 14.7. The number of aliphatic hydroxyl groups is 1. The monoisotopic (exact) mass is 282 g/mol. The quantitative estimate of drug-likeness (QED) is 0.867. The van der Waals surface area contributed by atoms with E-state index in [0.717, 1.165) is 6.07 Å². The first-order chi connectivity index (χ1) is 9.56. The van der Waals surface area contributed by atoms with E-state index in [1.54, 1.807) is 12.1 Å². The highest BCUT2D eigenvalue weighted by molar-refractivity contribution is 5.69. The molecule has 0 radical (unpaired) electrons. The highest BCUT2D eigenvalue weighted by atomic mass is 19.2. The summed E-state index contributed by atoms with van der Waals surface area (Å²) in [7, 11) is 0. The van der Waals surface area contributed by atoms with Crippen LogP contribution < -0.4 is 4.74 Å². The number of benzene rings is 2. The van der Waals surface area contributed by atoms with Gasteiger partial charge in [-0.15, -0.1) is 0 Å². The van der Waals surface area contributed by atoms with Crippen molar-refractivity contribution >= 4 is 0 Å². The summed E-state index contributed by atoms with van der Waals surface area (Å²) in [4.78, 5) is 0. The second kappa shape index (κ2) is 5.96. The zero-order valence-electron chi connectivity index (χ0n) is 10.8. The molecule has 0 saturated carbocycles. The summed E-state index contributed by atoms with van der Waals surface area (Å²) in [5.41, 5.74) is 0.573. The average Bonchev–Trinajstić information content (AvgIpc) is 2.43. The van der Waals surface area contributed by atoms with Crippen LogP contribution in [0.2, 0.25) is 0 Å². The molecule has 0 fully saturated rings. The summed E-state index contributed by atoms with van der Waals surface area (Å²) >= 11 is 0. The maximum Gasteiger partial charge on any atom is 0.161 e. The third kappa shape index (κ3) is 2.77. The molecule has 2 nitrogen and oxygen atoms in total. The molecule has 0 bridgehead atoms. The van der Waals surface area contributed by atoms with Crippen molar-refractivity contribution in [2.24, 2.45) is 0 Å². The van der Waals surface area contributed by atoms with Crippen LogP contribution in [0.4, 0.5) is 13.2 Å². The molecule has 0 aliphatic rings. The molecule has 0 spiro atoms. The smallest absolute Gasteiger partial charge is 0.161 e. The topological polar surface area (TPSA) is 29.5 Å². The van der Waals surface area contributed by atoms with Crippen molar-refractivity contribution < 1.29 is 23.0 Å². The first kappa shape index (κ1) is 14.4. The molecule has 0 saturated heterocycles. The average molecular weight is 282 g/mol. The predicted octanol–water partition coefficient (Wildman–Crippen LogP) is 3.66. The minimum absolute atomic E-state index is 0.101. The van der Waals surface area contributed by atoms with E-state index in [-0.39, 0.29) is 12.2 Å². The second-order valence-corrected chi connectivity index (χ2v) is 4.16. The lowest BCUT2D eigenvalue weighted by atomic mass is 9.99. The van der Waals surface area contributed by atoms with E-state index in [0.29, 0.717) is 29.5 Å². The molecule has 0 unspecified atom stereocenters. The first-order valence-corrected chi connectivity index (χ1v) is 6.08. The van der Waals surface area contributed by atoms with E-state index in [9.17, 15) is 18.3 Å². The largest absolute Gasteiger partial charge is 0.494 e. The molecule has 106 valence electrons. The van der Waals surface area contributed by atoms with Gasteiger partial charge < -0.3 is 9.84 Å². The van der Waals surface area contributed by atoms with Crippen LogP contribution in [0.5, 0.6) is 5.75 Å². The Morgan fingerprint density at radius 2 is 1.65 bits per heavy atom. The van der Waals surface area contributed by atoms with Crippen molar-refractivity contribution in [2.75, 3.05) is 6.61 Å². The van der Waals surface area contributed by atoms with Crippen LogP contribution in [0.1, 0.15) is 12.5 Å². The Morgan fingerprint density at radius 3 is 2.30 bits per heavy atom. The summed E-state index contributed by atoms with van der Waals surface area (Å²) < 4.78 is 45.2. The molecule has 0 aliphatic heterocycles. The van der Waals surface area contributed by atoms with Gasteiger partial charge in [-0.25, -0.2) is 13.2 Å². The highest BCUT2D eigenvalue weighted by Crippen LogP contribution is 2.30. The lowest BCUT2D eigenvalue weighted by molar-refractivity contribution is 0.280. The van der Waals surface area contributed by atoms with E-state index in [1.165, 1.54) is 6.07 Å². The van der Waals surface area contributed by atoms with Gasteiger partial charge in [0, 0.05) is 11.6 Å². The fraction of sp³-hybridized carbons (Fsp3) is 0.200. The molecule has 0 aliphatic carbocycles. The Balaban J connectivity index is 2.54. The van der Waals surface area contributed by atoms with Crippen molar-refractivity contribution in [1.29, 1.82) is 0 Å². The summed E-state index contributed by atoms with van der Waals surface area (Å²) in [5.74, 6) is -2.76. The van der Waals surface area contributed by atoms with E-state index in [1.807, 2.05) is 6.92 Å². The van der Waals surface area contributed by atoms with Crippen molar-refractivity contribution in [2.45, 2.75) is 13.5 Å². The van der Waals surface area contributed by atoms with Crippen molar-refractivity contribution in [1.82, 2.24) is 0 Å². The van der Waals surface area contributed by atoms with Crippen LogP contribution in [0.25, 0.3) is 11.1 Å². The molecule has 2 rings (SSSR count). The lowest BCUT2D eigenvalue weighted by Crippen LogP contribution is -1.98. The Kier molecular flexibility index (Phi) is 4.29. The fourth-order valence-electron chi connectivity index (χ4n) is 1.95. The minimum Gasteiger partial charge on any atom is -0.494 e. The van der Waals surface area contributed by atoms with Gasteiger partial charge in [-0.1, -0.05) is 6.07 Å². The van der Waals surface area contributed by atoms with Crippen LogP contribution in [0, 0.1) is 17.5 Å². The van der Waals surface area contributed by atoms with Crippen molar-refractivity contribution in [3.63, 3.8) is 0 Å². The van der Waals surface area contributed by atoms with Gasteiger partial charge in [0.2, 0.25) is 0 Å². The standard InChI is InChI=1S/C15H13F3O2/c1-2-20-10-3-4-11(9(5-10)8-19)12-6-14(17)15(18)7-13(12)16/h3-7,19H,2,8H2,1H3. The van der Waals surface area contributed by atoms with Gasteiger partial charge in [-0.05, 0) is 36.2 Å². The van der Waals surface area contributed by atoms with E-state index >= 15 is 0 Å². The minimum atomic E-state index is -1.25. The molecule has 0 atom stereocenters. The Bertz CT molecular complexity index is 627. The van der Waals surface area contributed by atoms with E-state index in [2.05, 4.69) is 0 Å². The van der Waals surface area contributed by atoms with E-state index in [4.69, 9.17) is 4.74 Å². The van der Waals surface area contributed by atoms with Gasteiger partial charge in [-0.3, -0.25) is 0 Å². The fourth-order valence-corrected chi connectivity index (χ4v) is 1.95. The van der Waals surface area contributed by atoms with Gasteiger partial charge in [0.25, 0.3) is 0 Å². The Labute approximate surface area is 114 Å². The SMILES string of the molecule is CCOc1ccc(-c2cc(F)c(F)cc2F)c(CO)c1. The number of ether oxygens (including phenoxy) is 1. The second-order valence-electron chi connectivity index (χ2n) is 4.16. The third-order valence-corrected chi connectivity index (χ3v) is 2.86. The van der Waals surface area contributed by atoms with Crippen LogP contribution in [0.15, 0.2) is 30.3 Å². The van der Waals surface area contributed by atoms with Crippen LogP contribution in [0.3, 0.4) is 0 Å². The van der Waals surface area contributed by atoms with Gasteiger partial charge in [0.1, 0.15) is 11.6 Å². The number of hydrogen-bond acceptors (Lipinski definition) is 2. The molecule has 2 aromatic rings.